The molecule has 1 unspecified atom stereocenters. The first-order chi connectivity index (χ1) is 16.4. The van der Waals surface area contributed by atoms with E-state index in [0.29, 0.717) is 29.9 Å². The molecule has 182 valence electrons. The fourth-order valence-corrected chi connectivity index (χ4v) is 5.08. The third-order valence-corrected chi connectivity index (χ3v) is 7.22. The van der Waals surface area contributed by atoms with Crippen LogP contribution in [0.25, 0.3) is 0 Å². The van der Waals surface area contributed by atoms with Gasteiger partial charge < -0.3 is 18.8 Å². The summed E-state index contributed by atoms with van der Waals surface area (Å²) >= 11 is 5.95. The summed E-state index contributed by atoms with van der Waals surface area (Å²) in [6, 6.07) is 19.6. The molecule has 3 aromatic rings. The zero-order valence-electron chi connectivity index (χ0n) is 20.3. The van der Waals surface area contributed by atoms with Crippen LogP contribution < -0.4 is 0 Å². The van der Waals surface area contributed by atoms with Crippen molar-refractivity contribution in [1.29, 1.82) is 0 Å². The zero-order chi connectivity index (χ0) is 24.0. The number of hydrogen-bond donors (Lipinski definition) is 1. The van der Waals surface area contributed by atoms with Gasteiger partial charge in [0.15, 0.2) is 5.76 Å². The van der Waals surface area contributed by atoms with Gasteiger partial charge in [0.05, 0.1) is 27.3 Å². The molecule has 34 heavy (non-hydrogen) atoms. The average Bonchev–Trinajstić information content (AvgIpc) is 3.32. The standard InChI is InChI=1S/C28H36ClN2O3/c1-31(2,17-18-33-21-22-13-15-25(29)16-14-22)20-26-19-27(30-34-26)28(32,23-9-5-3-6-10-23)24-11-7-4-8-12-24/h3,5-6,9-10,13-16,19,24,32H,4,7-8,11-12,17-18,20-21H2,1-2H3/q+1. The summed E-state index contributed by atoms with van der Waals surface area (Å²) in [6.45, 7) is 2.70. The van der Waals surface area contributed by atoms with Gasteiger partial charge in [-0.2, -0.15) is 0 Å². The van der Waals surface area contributed by atoms with E-state index in [2.05, 4.69) is 19.3 Å². The predicted octanol–water partition coefficient (Wildman–Crippen LogP) is 5.94. The topological polar surface area (TPSA) is 55.5 Å². The average molecular weight is 484 g/mol. The summed E-state index contributed by atoms with van der Waals surface area (Å²) in [5.41, 5.74) is 1.51. The monoisotopic (exact) mass is 483 g/mol. The van der Waals surface area contributed by atoms with E-state index < -0.39 is 5.60 Å². The van der Waals surface area contributed by atoms with Gasteiger partial charge in [-0.05, 0) is 42.0 Å². The third kappa shape index (κ3) is 6.08. The minimum Gasteiger partial charge on any atom is -0.378 e. The minimum absolute atomic E-state index is 0.144. The van der Waals surface area contributed by atoms with Gasteiger partial charge in [-0.25, -0.2) is 0 Å². The zero-order valence-corrected chi connectivity index (χ0v) is 21.0. The van der Waals surface area contributed by atoms with Crippen molar-refractivity contribution >= 4 is 11.6 Å². The highest BCUT2D eigenvalue weighted by molar-refractivity contribution is 6.30. The first kappa shape index (κ1) is 24.9. The Bertz CT molecular complexity index is 1030. The van der Waals surface area contributed by atoms with Crippen LogP contribution in [0.3, 0.4) is 0 Å². The molecular weight excluding hydrogens is 448 g/mol. The maximum atomic E-state index is 12.0. The predicted molar refractivity (Wildman–Crippen MR) is 134 cm³/mol. The smallest absolute Gasteiger partial charge is 0.191 e. The van der Waals surface area contributed by atoms with Gasteiger partial charge in [-0.3, -0.25) is 0 Å². The summed E-state index contributed by atoms with van der Waals surface area (Å²) in [4.78, 5) is 0. The van der Waals surface area contributed by atoms with Crippen molar-refractivity contribution in [1.82, 2.24) is 5.16 Å². The van der Waals surface area contributed by atoms with Crippen LogP contribution in [-0.2, 0) is 23.5 Å². The summed E-state index contributed by atoms with van der Waals surface area (Å²) < 4.78 is 12.3. The highest BCUT2D eigenvalue weighted by Crippen LogP contribution is 2.43. The normalized spacial score (nSPS) is 16.9. The second-order valence-electron chi connectivity index (χ2n) is 10.1. The maximum absolute atomic E-state index is 12.0. The number of rotatable bonds is 10. The Labute approximate surface area is 207 Å². The quantitative estimate of drug-likeness (QED) is 0.286. The van der Waals surface area contributed by atoms with E-state index in [4.69, 9.17) is 20.9 Å². The molecule has 1 aromatic heterocycles. The molecule has 1 saturated carbocycles. The largest absolute Gasteiger partial charge is 0.378 e. The van der Waals surface area contributed by atoms with Crippen LogP contribution in [0.15, 0.2) is 65.2 Å². The molecule has 5 nitrogen and oxygen atoms in total. The number of quaternary nitrogens is 1. The summed E-state index contributed by atoms with van der Waals surface area (Å²) in [5.74, 6) is 0.924. The molecule has 1 heterocycles. The van der Waals surface area contributed by atoms with Crippen LogP contribution in [-0.4, -0.2) is 42.0 Å². The molecule has 4 rings (SSSR count). The highest BCUT2D eigenvalue weighted by atomic mass is 35.5. The molecule has 0 spiro atoms. The number of ether oxygens (including phenoxy) is 1. The van der Waals surface area contributed by atoms with Gasteiger partial charge in [-0.1, -0.05) is 78.5 Å². The Balaban J connectivity index is 1.40. The maximum Gasteiger partial charge on any atom is 0.191 e. The van der Waals surface area contributed by atoms with Gasteiger partial charge in [0.1, 0.15) is 24.4 Å². The van der Waals surface area contributed by atoms with Gasteiger partial charge in [0.25, 0.3) is 0 Å². The number of aliphatic hydroxyl groups is 1. The van der Waals surface area contributed by atoms with Crippen LogP contribution >= 0.6 is 11.6 Å². The number of halogens is 1. The number of hydrogen-bond acceptors (Lipinski definition) is 4. The number of nitrogens with zero attached hydrogens (tertiary/aromatic N) is 2. The first-order valence-corrected chi connectivity index (χ1v) is 12.6. The molecule has 6 heteroatoms. The van der Waals surface area contributed by atoms with Crippen molar-refractivity contribution in [2.75, 3.05) is 27.2 Å². The van der Waals surface area contributed by atoms with E-state index >= 15 is 0 Å². The Kier molecular flexibility index (Phi) is 8.10. The van der Waals surface area contributed by atoms with Gasteiger partial charge in [0, 0.05) is 11.1 Å². The van der Waals surface area contributed by atoms with E-state index in [1.165, 1.54) is 6.42 Å². The van der Waals surface area contributed by atoms with Gasteiger partial charge in [-0.15, -0.1) is 0 Å². The van der Waals surface area contributed by atoms with Gasteiger partial charge in [0.2, 0.25) is 0 Å². The van der Waals surface area contributed by atoms with Crippen molar-refractivity contribution in [2.24, 2.45) is 5.92 Å². The fourth-order valence-electron chi connectivity index (χ4n) is 4.96. The fraction of sp³-hybridized carbons (Fsp3) is 0.464. The molecule has 0 saturated heterocycles. The summed E-state index contributed by atoms with van der Waals surface area (Å²) in [5, 5.41) is 17.2. The van der Waals surface area contributed by atoms with Crippen molar-refractivity contribution < 1.29 is 18.8 Å². The van der Waals surface area contributed by atoms with Crippen molar-refractivity contribution in [3.63, 3.8) is 0 Å². The molecule has 0 amide bonds. The molecule has 1 aliphatic rings. The van der Waals surface area contributed by atoms with Crippen LogP contribution in [0.1, 0.15) is 54.7 Å². The molecule has 1 aliphatic carbocycles. The molecule has 1 atom stereocenters. The Hall–Kier alpha value is -2.18. The lowest BCUT2D eigenvalue weighted by Crippen LogP contribution is -2.41. The molecule has 0 radical (unpaired) electrons. The minimum atomic E-state index is -1.12. The number of likely N-dealkylation sites (N-methyl/N-ethyl adjacent to an activating group) is 1. The van der Waals surface area contributed by atoms with Crippen molar-refractivity contribution in [2.45, 2.75) is 50.9 Å². The van der Waals surface area contributed by atoms with E-state index in [0.717, 1.165) is 54.1 Å². The molecule has 2 aromatic carbocycles. The number of benzene rings is 2. The third-order valence-electron chi connectivity index (χ3n) is 6.97. The van der Waals surface area contributed by atoms with Crippen LogP contribution in [0.4, 0.5) is 0 Å². The SMILES string of the molecule is C[N+](C)(CCOCc1ccc(Cl)cc1)Cc1cc(C(O)(c2ccccc2)C2CCCCC2)no1. The molecule has 0 aliphatic heterocycles. The summed E-state index contributed by atoms with van der Waals surface area (Å²) in [7, 11) is 4.30. The van der Waals surface area contributed by atoms with E-state index in [1.807, 2.05) is 60.7 Å². The molecular formula is C28H36ClN2O3+. The van der Waals surface area contributed by atoms with E-state index in [1.54, 1.807) is 0 Å². The van der Waals surface area contributed by atoms with Crippen molar-refractivity contribution in [3.8, 4) is 0 Å². The van der Waals surface area contributed by atoms with Crippen LogP contribution in [0.2, 0.25) is 5.02 Å². The Morgan fingerprint density at radius 1 is 1.06 bits per heavy atom. The van der Waals surface area contributed by atoms with Crippen LogP contribution in [0.5, 0.6) is 0 Å². The summed E-state index contributed by atoms with van der Waals surface area (Å²) in [6.07, 6.45) is 5.52. The molecule has 1 fully saturated rings. The van der Waals surface area contributed by atoms with Crippen molar-refractivity contribution in [3.05, 3.63) is 88.3 Å². The van der Waals surface area contributed by atoms with Crippen LogP contribution in [0, 0.1) is 5.92 Å². The lowest BCUT2D eigenvalue weighted by molar-refractivity contribution is -0.905. The lowest BCUT2D eigenvalue weighted by atomic mass is 9.71. The van der Waals surface area contributed by atoms with E-state index in [9.17, 15) is 5.11 Å². The molecule has 1 N–H and O–H groups in total. The molecule has 0 bridgehead atoms. The van der Waals surface area contributed by atoms with Gasteiger partial charge >= 0.3 is 0 Å². The second kappa shape index (κ2) is 11.0. The van der Waals surface area contributed by atoms with E-state index in [-0.39, 0.29) is 5.92 Å². The highest BCUT2D eigenvalue weighted by Gasteiger charge is 2.43. The number of aromatic nitrogens is 1. The second-order valence-corrected chi connectivity index (χ2v) is 10.6. The lowest BCUT2D eigenvalue weighted by Gasteiger charge is -2.37. The Morgan fingerprint density at radius 2 is 1.76 bits per heavy atom. The Morgan fingerprint density at radius 3 is 2.47 bits per heavy atom. The first-order valence-electron chi connectivity index (χ1n) is 12.2.